The highest BCUT2D eigenvalue weighted by Gasteiger charge is 2.14. The molecule has 0 unspecified atom stereocenters. The minimum absolute atomic E-state index is 0.103. The maximum absolute atomic E-state index is 12.5. The first kappa shape index (κ1) is 17.9. The van der Waals surface area contributed by atoms with Gasteiger partial charge in [-0.3, -0.25) is 4.79 Å². The van der Waals surface area contributed by atoms with Gasteiger partial charge < -0.3 is 10.1 Å². The van der Waals surface area contributed by atoms with Crippen molar-refractivity contribution < 1.29 is 9.53 Å². The summed E-state index contributed by atoms with van der Waals surface area (Å²) in [7, 11) is 1.64. The number of rotatable bonds is 6. The molecule has 5 nitrogen and oxygen atoms in total. The second-order valence-corrected chi connectivity index (χ2v) is 6.21. The Balaban J connectivity index is 1.75. The highest BCUT2D eigenvalue weighted by atomic mass is 16.5. The van der Waals surface area contributed by atoms with Gasteiger partial charge in [-0.25, -0.2) is 4.68 Å². The zero-order chi connectivity index (χ0) is 18.5. The number of ether oxygens (including phenoxy) is 1. The van der Waals surface area contributed by atoms with Crippen LogP contribution < -0.4 is 5.32 Å². The Labute approximate surface area is 153 Å². The molecule has 2 aromatic carbocycles. The van der Waals surface area contributed by atoms with Crippen LogP contribution in [0.5, 0.6) is 0 Å². The molecule has 0 aliphatic heterocycles. The maximum Gasteiger partial charge on any atom is 0.251 e. The average Bonchev–Trinajstić information content (AvgIpc) is 2.95. The molecule has 1 N–H and O–H groups in total. The third-order valence-corrected chi connectivity index (χ3v) is 4.37. The van der Waals surface area contributed by atoms with Gasteiger partial charge in [-0.1, -0.05) is 30.3 Å². The molecule has 0 radical (unpaired) electrons. The van der Waals surface area contributed by atoms with Crippen molar-refractivity contribution in [3.8, 4) is 5.69 Å². The quantitative estimate of drug-likeness (QED) is 0.740. The maximum atomic E-state index is 12.5. The molecule has 1 aromatic heterocycles. The molecule has 0 atom stereocenters. The first-order valence-corrected chi connectivity index (χ1v) is 8.56. The minimum atomic E-state index is -0.103. The number of hydrogen-bond acceptors (Lipinski definition) is 3. The van der Waals surface area contributed by atoms with Gasteiger partial charge in [0.2, 0.25) is 0 Å². The van der Waals surface area contributed by atoms with Crippen molar-refractivity contribution in [2.24, 2.45) is 0 Å². The molecule has 0 spiro atoms. The van der Waals surface area contributed by atoms with Gasteiger partial charge in [0.25, 0.3) is 5.91 Å². The van der Waals surface area contributed by atoms with Gasteiger partial charge >= 0.3 is 0 Å². The summed E-state index contributed by atoms with van der Waals surface area (Å²) in [6.07, 6.45) is 0. The number of carbonyl (C=O) groups excluding carboxylic acids is 1. The predicted octanol–water partition coefficient (Wildman–Crippen LogP) is 3.57. The molecule has 0 saturated heterocycles. The number of nitrogens with one attached hydrogen (secondary N) is 1. The van der Waals surface area contributed by atoms with Crippen molar-refractivity contribution in [2.45, 2.75) is 27.0 Å². The van der Waals surface area contributed by atoms with Crippen molar-refractivity contribution in [1.82, 2.24) is 15.1 Å². The number of carbonyl (C=O) groups is 1. The summed E-state index contributed by atoms with van der Waals surface area (Å²) in [5.41, 5.74) is 5.60. The van der Waals surface area contributed by atoms with E-state index in [1.54, 1.807) is 7.11 Å². The third kappa shape index (κ3) is 3.83. The average molecular weight is 349 g/mol. The Bertz CT molecular complexity index is 901. The lowest BCUT2D eigenvalue weighted by Gasteiger charge is -2.08. The molecule has 3 rings (SSSR count). The first-order valence-electron chi connectivity index (χ1n) is 8.56. The summed E-state index contributed by atoms with van der Waals surface area (Å²) in [4.78, 5) is 12.5. The van der Waals surface area contributed by atoms with Gasteiger partial charge in [0.15, 0.2) is 0 Å². The van der Waals surface area contributed by atoms with Gasteiger partial charge in [0.1, 0.15) is 0 Å². The number of para-hydroxylation sites is 1. The van der Waals surface area contributed by atoms with Crippen molar-refractivity contribution >= 4 is 5.91 Å². The molecule has 1 amide bonds. The number of methoxy groups -OCH3 is 1. The van der Waals surface area contributed by atoms with Gasteiger partial charge in [-0.05, 0) is 43.7 Å². The number of aryl methyl sites for hydroxylation is 1. The molecular formula is C21H23N3O2. The molecule has 3 aromatic rings. The van der Waals surface area contributed by atoms with Crippen LogP contribution in [0.25, 0.3) is 5.69 Å². The van der Waals surface area contributed by atoms with E-state index >= 15 is 0 Å². The molecule has 134 valence electrons. The fourth-order valence-electron chi connectivity index (χ4n) is 2.99. The fraction of sp³-hybridized carbons (Fsp3) is 0.238. The molecule has 0 bridgehead atoms. The number of nitrogens with zero attached hydrogens (tertiary/aromatic N) is 2. The van der Waals surface area contributed by atoms with E-state index in [2.05, 4.69) is 10.4 Å². The normalized spacial score (nSPS) is 10.7. The summed E-state index contributed by atoms with van der Waals surface area (Å²) in [5, 5.41) is 7.62. The highest BCUT2D eigenvalue weighted by Crippen LogP contribution is 2.18. The van der Waals surface area contributed by atoms with Crippen LogP contribution in [-0.2, 0) is 17.9 Å². The van der Waals surface area contributed by atoms with Crippen LogP contribution in [0.1, 0.15) is 32.9 Å². The summed E-state index contributed by atoms with van der Waals surface area (Å²) in [6, 6.07) is 17.5. The van der Waals surface area contributed by atoms with E-state index in [4.69, 9.17) is 4.74 Å². The second-order valence-electron chi connectivity index (χ2n) is 6.21. The van der Waals surface area contributed by atoms with E-state index in [1.165, 1.54) is 0 Å². The highest BCUT2D eigenvalue weighted by molar-refractivity contribution is 5.94. The lowest BCUT2D eigenvalue weighted by Crippen LogP contribution is -2.23. The van der Waals surface area contributed by atoms with Crippen molar-refractivity contribution in [1.29, 1.82) is 0 Å². The van der Waals surface area contributed by atoms with E-state index in [0.717, 1.165) is 28.2 Å². The predicted molar refractivity (Wildman–Crippen MR) is 101 cm³/mol. The van der Waals surface area contributed by atoms with Crippen LogP contribution in [0.3, 0.4) is 0 Å². The molecule has 5 heteroatoms. The zero-order valence-corrected chi connectivity index (χ0v) is 15.3. The van der Waals surface area contributed by atoms with Crippen molar-refractivity contribution in [3.05, 3.63) is 82.7 Å². The monoisotopic (exact) mass is 349 g/mol. The van der Waals surface area contributed by atoms with E-state index in [9.17, 15) is 4.79 Å². The summed E-state index contributed by atoms with van der Waals surface area (Å²) < 4.78 is 7.04. The van der Waals surface area contributed by atoms with E-state index in [-0.39, 0.29) is 5.91 Å². The van der Waals surface area contributed by atoms with Crippen LogP contribution in [0.15, 0.2) is 54.6 Å². The molecule has 0 saturated carbocycles. The molecule has 0 fully saturated rings. The molecular weight excluding hydrogens is 326 g/mol. The SMILES string of the molecule is COCc1cccc(C(=O)NCc2c(C)nn(-c3ccccc3)c2C)c1. The van der Waals surface area contributed by atoms with Crippen LogP contribution in [0, 0.1) is 13.8 Å². The topological polar surface area (TPSA) is 56.1 Å². The lowest BCUT2D eigenvalue weighted by atomic mass is 10.1. The second kappa shape index (κ2) is 7.97. The Hall–Kier alpha value is -2.92. The van der Waals surface area contributed by atoms with Gasteiger partial charge in [-0.15, -0.1) is 0 Å². The standard InChI is InChI=1S/C21H23N3O2/c1-15-20(16(2)24(23-15)19-10-5-4-6-11-19)13-22-21(25)18-9-7-8-17(12-18)14-26-3/h4-12H,13-14H2,1-3H3,(H,22,25). The Morgan fingerprint density at radius 3 is 2.62 bits per heavy atom. The molecule has 1 heterocycles. The summed E-state index contributed by atoms with van der Waals surface area (Å²) in [6.45, 7) is 4.92. The number of aromatic nitrogens is 2. The fourth-order valence-corrected chi connectivity index (χ4v) is 2.99. The van der Waals surface area contributed by atoms with Crippen LogP contribution in [0.4, 0.5) is 0 Å². The first-order chi connectivity index (χ1) is 12.6. The summed E-state index contributed by atoms with van der Waals surface area (Å²) in [5.74, 6) is -0.103. The third-order valence-electron chi connectivity index (χ3n) is 4.37. The molecule has 0 aliphatic carbocycles. The van der Waals surface area contributed by atoms with E-state index in [0.29, 0.717) is 18.7 Å². The van der Waals surface area contributed by atoms with Crippen molar-refractivity contribution in [2.75, 3.05) is 7.11 Å². The van der Waals surface area contributed by atoms with Gasteiger partial charge in [0, 0.05) is 30.5 Å². The van der Waals surface area contributed by atoms with Crippen LogP contribution in [-0.4, -0.2) is 22.8 Å². The minimum Gasteiger partial charge on any atom is -0.380 e. The lowest BCUT2D eigenvalue weighted by molar-refractivity contribution is 0.0950. The van der Waals surface area contributed by atoms with Crippen LogP contribution in [0.2, 0.25) is 0 Å². The molecule has 0 aliphatic rings. The summed E-state index contributed by atoms with van der Waals surface area (Å²) >= 11 is 0. The van der Waals surface area contributed by atoms with E-state index < -0.39 is 0 Å². The largest absolute Gasteiger partial charge is 0.380 e. The van der Waals surface area contributed by atoms with Gasteiger partial charge in [-0.2, -0.15) is 5.10 Å². The molecule has 26 heavy (non-hydrogen) atoms. The van der Waals surface area contributed by atoms with Crippen LogP contribution >= 0.6 is 0 Å². The van der Waals surface area contributed by atoms with Gasteiger partial charge in [0.05, 0.1) is 18.0 Å². The number of hydrogen-bond donors (Lipinski definition) is 1. The van der Waals surface area contributed by atoms with E-state index in [1.807, 2.05) is 73.1 Å². The smallest absolute Gasteiger partial charge is 0.251 e. The Morgan fingerprint density at radius 2 is 1.88 bits per heavy atom. The zero-order valence-electron chi connectivity index (χ0n) is 15.3. The number of amides is 1. The van der Waals surface area contributed by atoms with Crippen molar-refractivity contribution in [3.63, 3.8) is 0 Å². The number of benzene rings is 2. The Kier molecular flexibility index (Phi) is 5.49. The Morgan fingerprint density at radius 1 is 1.12 bits per heavy atom.